The van der Waals surface area contributed by atoms with Crippen LogP contribution in [0.2, 0.25) is 5.02 Å². The number of benzene rings is 2. The van der Waals surface area contributed by atoms with Gasteiger partial charge in [0.15, 0.2) is 17.2 Å². The maximum Gasteiger partial charge on any atom is 0.343 e. The second kappa shape index (κ2) is 11.0. The molecule has 1 saturated heterocycles. The Morgan fingerprint density at radius 3 is 2.59 bits per heavy atom. The third-order valence-electron chi connectivity index (χ3n) is 5.66. The minimum absolute atomic E-state index is 0.244. The van der Waals surface area contributed by atoms with Gasteiger partial charge < -0.3 is 23.7 Å². The summed E-state index contributed by atoms with van der Waals surface area (Å²) in [5.74, 6) is 0.763. The molecule has 2 aromatic carbocycles. The molecule has 0 N–H and O–H groups in total. The lowest BCUT2D eigenvalue weighted by atomic mass is 10.1. The normalized spacial score (nSPS) is 14.2. The van der Waals surface area contributed by atoms with Crippen molar-refractivity contribution in [3.05, 3.63) is 58.2 Å². The van der Waals surface area contributed by atoms with Crippen LogP contribution in [0.25, 0.3) is 10.9 Å². The predicted molar refractivity (Wildman–Crippen MR) is 128 cm³/mol. The van der Waals surface area contributed by atoms with Gasteiger partial charge in [-0.2, -0.15) is 0 Å². The Labute approximate surface area is 203 Å². The fourth-order valence-corrected chi connectivity index (χ4v) is 4.32. The van der Waals surface area contributed by atoms with Gasteiger partial charge in [-0.3, -0.25) is 9.88 Å². The minimum Gasteiger partial charge on any atom is -0.493 e. The highest BCUT2D eigenvalue weighted by molar-refractivity contribution is 6.35. The lowest BCUT2D eigenvalue weighted by molar-refractivity contribution is 0.0337. The summed E-state index contributed by atoms with van der Waals surface area (Å²) in [6.07, 6.45) is 1.65. The van der Waals surface area contributed by atoms with Crippen molar-refractivity contribution < 1.29 is 28.5 Å². The van der Waals surface area contributed by atoms with Gasteiger partial charge in [0.25, 0.3) is 0 Å². The molecule has 8 nitrogen and oxygen atoms in total. The zero-order valence-corrected chi connectivity index (χ0v) is 20.2. The molecule has 0 spiro atoms. The van der Waals surface area contributed by atoms with Gasteiger partial charge in [0.05, 0.1) is 44.6 Å². The molecule has 34 heavy (non-hydrogen) atoms. The standard InChI is InChI=1S/C25H27ClN2O6/c1-30-15-18-11-16(13-21(31-2)23(18)32-3)25(29)34-24-17(14-28-7-9-33-10-8-28)12-20(26)19-5-4-6-27-22(19)24/h4-6,11-13H,7-10,14-15H2,1-3H3. The second-order valence-electron chi connectivity index (χ2n) is 7.83. The van der Waals surface area contributed by atoms with E-state index in [2.05, 4.69) is 9.88 Å². The molecule has 0 bridgehead atoms. The SMILES string of the molecule is COCc1cc(C(=O)Oc2c(CN3CCOCC3)cc(Cl)c3cccnc23)cc(OC)c1OC. The van der Waals surface area contributed by atoms with Crippen LogP contribution < -0.4 is 14.2 Å². The average molecular weight is 487 g/mol. The number of pyridine rings is 1. The molecule has 4 rings (SSSR count). The molecule has 0 aliphatic carbocycles. The number of fused-ring (bicyclic) bond motifs is 1. The van der Waals surface area contributed by atoms with E-state index in [0.29, 0.717) is 64.1 Å². The van der Waals surface area contributed by atoms with Crippen molar-refractivity contribution in [1.29, 1.82) is 0 Å². The Morgan fingerprint density at radius 2 is 1.88 bits per heavy atom. The Kier molecular flexibility index (Phi) is 7.84. The topological polar surface area (TPSA) is 79.4 Å². The summed E-state index contributed by atoms with van der Waals surface area (Å²) in [6.45, 7) is 3.67. The van der Waals surface area contributed by atoms with Crippen LogP contribution in [0.4, 0.5) is 0 Å². The first-order valence-electron chi connectivity index (χ1n) is 10.9. The van der Waals surface area contributed by atoms with Crippen LogP contribution in [0.3, 0.4) is 0 Å². The number of methoxy groups -OCH3 is 3. The molecule has 1 aliphatic heterocycles. The lowest BCUT2D eigenvalue weighted by Gasteiger charge is -2.27. The first-order chi connectivity index (χ1) is 16.5. The summed E-state index contributed by atoms with van der Waals surface area (Å²) in [7, 11) is 4.62. The number of hydrogen-bond acceptors (Lipinski definition) is 8. The number of hydrogen-bond donors (Lipinski definition) is 0. The Bertz CT molecular complexity index is 1180. The monoisotopic (exact) mass is 486 g/mol. The molecule has 0 atom stereocenters. The quantitative estimate of drug-likeness (QED) is 0.348. The molecule has 1 aromatic heterocycles. The van der Waals surface area contributed by atoms with Gasteiger partial charge in [0.2, 0.25) is 0 Å². The van der Waals surface area contributed by atoms with Crippen LogP contribution in [-0.4, -0.2) is 63.5 Å². The molecule has 1 aliphatic rings. The molecular formula is C25H27ClN2O6. The molecule has 0 unspecified atom stereocenters. The highest BCUT2D eigenvalue weighted by Gasteiger charge is 2.23. The maximum atomic E-state index is 13.4. The van der Waals surface area contributed by atoms with E-state index >= 15 is 0 Å². The second-order valence-corrected chi connectivity index (χ2v) is 8.24. The summed E-state index contributed by atoms with van der Waals surface area (Å²) in [5, 5.41) is 1.27. The largest absolute Gasteiger partial charge is 0.493 e. The van der Waals surface area contributed by atoms with Crippen LogP contribution in [0.1, 0.15) is 21.5 Å². The summed E-state index contributed by atoms with van der Waals surface area (Å²) in [4.78, 5) is 20.1. The summed E-state index contributed by atoms with van der Waals surface area (Å²) < 4.78 is 27.6. The Hall–Kier alpha value is -2.91. The zero-order valence-electron chi connectivity index (χ0n) is 19.4. The Morgan fingerprint density at radius 1 is 1.09 bits per heavy atom. The molecule has 0 amide bonds. The van der Waals surface area contributed by atoms with Crippen molar-refractivity contribution in [1.82, 2.24) is 9.88 Å². The van der Waals surface area contributed by atoms with E-state index in [0.717, 1.165) is 18.7 Å². The molecule has 0 radical (unpaired) electrons. The number of rotatable bonds is 8. The predicted octanol–water partition coefficient (Wildman–Crippen LogP) is 4.10. The van der Waals surface area contributed by atoms with Crippen molar-refractivity contribution in [2.45, 2.75) is 13.2 Å². The van der Waals surface area contributed by atoms with E-state index in [9.17, 15) is 4.79 Å². The van der Waals surface area contributed by atoms with Crippen molar-refractivity contribution in [3.63, 3.8) is 0 Å². The molecular weight excluding hydrogens is 460 g/mol. The fourth-order valence-electron chi connectivity index (χ4n) is 4.03. The van der Waals surface area contributed by atoms with Crippen molar-refractivity contribution in [3.8, 4) is 17.2 Å². The van der Waals surface area contributed by atoms with Crippen molar-refractivity contribution in [2.75, 3.05) is 47.6 Å². The van der Waals surface area contributed by atoms with Gasteiger partial charge in [0, 0.05) is 49.5 Å². The van der Waals surface area contributed by atoms with Gasteiger partial charge in [0.1, 0.15) is 5.52 Å². The van der Waals surface area contributed by atoms with Crippen molar-refractivity contribution in [2.24, 2.45) is 0 Å². The molecule has 3 aromatic rings. The van der Waals surface area contributed by atoms with Crippen LogP contribution >= 0.6 is 11.6 Å². The average Bonchev–Trinajstić information content (AvgIpc) is 2.86. The molecule has 1 fully saturated rings. The number of aromatic nitrogens is 1. The van der Waals surface area contributed by atoms with E-state index in [1.54, 1.807) is 38.6 Å². The summed E-state index contributed by atoms with van der Waals surface area (Å²) >= 11 is 6.57. The number of esters is 1. The third kappa shape index (κ3) is 5.10. The number of carbonyl (C=O) groups is 1. The highest BCUT2D eigenvalue weighted by atomic mass is 35.5. The van der Waals surface area contributed by atoms with Crippen molar-refractivity contribution >= 4 is 28.5 Å². The fraction of sp³-hybridized carbons (Fsp3) is 0.360. The smallest absolute Gasteiger partial charge is 0.343 e. The third-order valence-corrected chi connectivity index (χ3v) is 5.97. The number of nitrogens with zero attached hydrogens (tertiary/aromatic N) is 2. The highest BCUT2D eigenvalue weighted by Crippen LogP contribution is 2.37. The van der Waals surface area contributed by atoms with Crippen LogP contribution in [0, 0.1) is 0 Å². The zero-order chi connectivity index (χ0) is 24.1. The Balaban J connectivity index is 1.74. The molecule has 180 valence electrons. The van der Waals surface area contributed by atoms with Crippen LogP contribution in [0.5, 0.6) is 17.2 Å². The van der Waals surface area contributed by atoms with Gasteiger partial charge in [-0.05, 0) is 30.3 Å². The van der Waals surface area contributed by atoms with E-state index in [4.69, 9.17) is 35.3 Å². The number of halogens is 1. The van der Waals surface area contributed by atoms with E-state index in [1.165, 1.54) is 7.11 Å². The number of carbonyl (C=O) groups excluding carboxylic acids is 1. The summed E-state index contributed by atoms with van der Waals surface area (Å²) in [5.41, 5.74) is 2.29. The van der Waals surface area contributed by atoms with Gasteiger partial charge in [-0.15, -0.1) is 0 Å². The van der Waals surface area contributed by atoms with E-state index < -0.39 is 5.97 Å². The molecule has 2 heterocycles. The van der Waals surface area contributed by atoms with Crippen LogP contribution in [-0.2, 0) is 22.6 Å². The number of morpholine rings is 1. The first kappa shape index (κ1) is 24.2. The molecule has 9 heteroatoms. The summed E-state index contributed by atoms with van der Waals surface area (Å²) in [6, 6.07) is 8.77. The lowest BCUT2D eigenvalue weighted by Crippen LogP contribution is -2.35. The molecule has 0 saturated carbocycles. The van der Waals surface area contributed by atoms with Gasteiger partial charge >= 0.3 is 5.97 Å². The minimum atomic E-state index is -0.546. The van der Waals surface area contributed by atoms with Gasteiger partial charge in [-0.25, -0.2) is 4.79 Å². The number of ether oxygens (including phenoxy) is 5. The van der Waals surface area contributed by atoms with Crippen LogP contribution in [0.15, 0.2) is 36.5 Å². The van der Waals surface area contributed by atoms with E-state index in [1.807, 2.05) is 12.1 Å². The maximum absolute atomic E-state index is 13.4. The first-order valence-corrected chi connectivity index (χ1v) is 11.3. The van der Waals surface area contributed by atoms with Gasteiger partial charge in [-0.1, -0.05) is 11.6 Å². The van der Waals surface area contributed by atoms with E-state index in [-0.39, 0.29) is 6.61 Å².